The minimum atomic E-state index is -0.204. The maximum Gasteiger partial charge on any atom is 0.262 e. The third kappa shape index (κ3) is 3.75. The van der Waals surface area contributed by atoms with Crippen molar-refractivity contribution in [3.8, 4) is 5.75 Å². The minimum Gasteiger partial charge on any atom is -0.496 e. The Balaban J connectivity index is 1.88. The second-order valence-corrected chi connectivity index (χ2v) is 8.10. The van der Waals surface area contributed by atoms with E-state index in [0.29, 0.717) is 29.7 Å². The van der Waals surface area contributed by atoms with Gasteiger partial charge in [-0.05, 0) is 43.7 Å². The molecule has 2 aromatic rings. The molecule has 1 aromatic carbocycles. The lowest BCUT2D eigenvalue weighted by atomic mass is 9.73. The summed E-state index contributed by atoms with van der Waals surface area (Å²) < 4.78 is 11.2. The molecule has 0 atom stereocenters. The SMILES string of the molecule is COc1ccc(C)cc1C1(CNC(=O)c2scc(C)c2Cl)CCOCC1. The van der Waals surface area contributed by atoms with Crippen molar-refractivity contribution in [2.75, 3.05) is 26.9 Å². The smallest absolute Gasteiger partial charge is 0.262 e. The fourth-order valence-corrected chi connectivity index (χ4v) is 4.65. The average molecular weight is 394 g/mol. The van der Waals surface area contributed by atoms with Crippen molar-refractivity contribution in [1.82, 2.24) is 5.32 Å². The Morgan fingerprint density at radius 2 is 2.08 bits per heavy atom. The van der Waals surface area contributed by atoms with Crippen molar-refractivity contribution in [1.29, 1.82) is 0 Å². The maximum atomic E-state index is 12.7. The number of rotatable bonds is 5. The van der Waals surface area contributed by atoms with E-state index in [1.54, 1.807) is 7.11 Å². The molecular weight excluding hydrogens is 370 g/mol. The van der Waals surface area contributed by atoms with Gasteiger partial charge in [0.25, 0.3) is 5.91 Å². The van der Waals surface area contributed by atoms with E-state index in [9.17, 15) is 4.79 Å². The number of nitrogens with one attached hydrogen (secondary N) is 1. The predicted octanol–water partition coefficient (Wildman–Crippen LogP) is 4.51. The van der Waals surface area contributed by atoms with E-state index in [2.05, 4.69) is 18.3 Å². The summed E-state index contributed by atoms with van der Waals surface area (Å²) in [5, 5.41) is 5.56. The Morgan fingerprint density at radius 3 is 2.69 bits per heavy atom. The predicted molar refractivity (Wildman–Crippen MR) is 106 cm³/mol. The van der Waals surface area contributed by atoms with Gasteiger partial charge >= 0.3 is 0 Å². The highest BCUT2D eigenvalue weighted by Gasteiger charge is 2.37. The molecule has 0 spiro atoms. The Labute approximate surface area is 163 Å². The monoisotopic (exact) mass is 393 g/mol. The number of methoxy groups -OCH3 is 1. The number of benzene rings is 1. The summed E-state index contributed by atoms with van der Waals surface area (Å²) in [6.45, 7) is 5.86. The molecule has 0 unspecified atom stereocenters. The summed E-state index contributed by atoms with van der Waals surface area (Å²) in [7, 11) is 1.69. The zero-order valence-corrected chi connectivity index (χ0v) is 16.9. The number of aryl methyl sites for hydroxylation is 2. The van der Waals surface area contributed by atoms with Gasteiger partial charge in [0.1, 0.15) is 10.6 Å². The molecule has 2 heterocycles. The molecule has 1 fully saturated rings. The molecule has 1 aliphatic heterocycles. The van der Waals surface area contributed by atoms with Gasteiger partial charge in [-0.3, -0.25) is 4.79 Å². The van der Waals surface area contributed by atoms with Gasteiger partial charge in [-0.1, -0.05) is 29.3 Å². The molecule has 1 N–H and O–H groups in total. The third-order valence-corrected chi connectivity index (χ3v) is 6.76. The molecule has 1 saturated heterocycles. The molecule has 1 aromatic heterocycles. The number of carbonyl (C=O) groups is 1. The van der Waals surface area contributed by atoms with Gasteiger partial charge in [0.15, 0.2) is 0 Å². The normalized spacial score (nSPS) is 16.3. The Bertz CT molecular complexity index is 796. The Hall–Kier alpha value is -1.56. The Kier molecular flexibility index (Phi) is 5.90. The van der Waals surface area contributed by atoms with Crippen molar-refractivity contribution in [3.63, 3.8) is 0 Å². The van der Waals surface area contributed by atoms with E-state index in [4.69, 9.17) is 21.1 Å². The number of ether oxygens (including phenoxy) is 2. The lowest BCUT2D eigenvalue weighted by molar-refractivity contribution is 0.0479. The summed E-state index contributed by atoms with van der Waals surface area (Å²) in [5.74, 6) is 0.738. The zero-order chi connectivity index (χ0) is 18.7. The highest BCUT2D eigenvalue weighted by atomic mass is 35.5. The topological polar surface area (TPSA) is 47.6 Å². The van der Waals surface area contributed by atoms with Crippen LogP contribution in [0.25, 0.3) is 0 Å². The van der Waals surface area contributed by atoms with Crippen LogP contribution in [0, 0.1) is 13.8 Å². The lowest BCUT2D eigenvalue weighted by Crippen LogP contribution is -2.44. The molecule has 0 bridgehead atoms. The van der Waals surface area contributed by atoms with Crippen LogP contribution in [-0.2, 0) is 10.2 Å². The van der Waals surface area contributed by atoms with E-state index in [0.717, 1.165) is 29.7 Å². The standard InChI is InChI=1S/C20H24ClNO3S/c1-13-4-5-16(24-3)15(10-13)20(6-8-25-9-7-20)12-22-19(23)18-17(21)14(2)11-26-18/h4-5,10-11H,6-9,12H2,1-3H3,(H,22,23). The largest absolute Gasteiger partial charge is 0.496 e. The van der Waals surface area contributed by atoms with Gasteiger partial charge in [0.05, 0.1) is 12.1 Å². The number of amides is 1. The van der Waals surface area contributed by atoms with E-state index >= 15 is 0 Å². The molecule has 3 rings (SSSR count). The second-order valence-electron chi connectivity index (χ2n) is 6.84. The van der Waals surface area contributed by atoms with Crippen LogP contribution in [0.5, 0.6) is 5.75 Å². The fraction of sp³-hybridized carbons (Fsp3) is 0.450. The maximum absolute atomic E-state index is 12.7. The molecule has 6 heteroatoms. The van der Waals surface area contributed by atoms with Gasteiger partial charge in [0.2, 0.25) is 0 Å². The summed E-state index contributed by atoms with van der Waals surface area (Å²) >= 11 is 7.64. The lowest BCUT2D eigenvalue weighted by Gasteiger charge is -2.38. The number of hydrogen-bond donors (Lipinski definition) is 1. The average Bonchev–Trinajstić information content (AvgIpc) is 2.99. The first-order chi connectivity index (χ1) is 12.5. The van der Waals surface area contributed by atoms with Crippen LogP contribution in [0.1, 0.15) is 39.2 Å². The first kappa shape index (κ1) is 19.2. The summed E-state index contributed by atoms with van der Waals surface area (Å²) in [5.41, 5.74) is 3.04. The summed E-state index contributed by atoms with van der Waals surface area (Å²) in [6.07, 6.45) is 1.68. The van der Waals surface area contributed by atoms with Crippen LogP contribution < -0.4 is 10.1 Å². The van der Waals surface area contributed by atoms with Crippen molar-refractivity contribution < 1.29 is 14.3 Å². The van der Waals surface area contributed by atoms with Crippen molar-refractivity contribution in [2.45, 2.75) is 32.1 Å². The molecule has 1 aliphatic rings. The molecule has 4 nitrogen and oxygen atoms in total. The van der Waals surface area contributed by atoms with E-state index in [-0.39, 0.29) is 11.3 Å². The zero-order valence-electron chi connectivity index (χ0n) is 15.4. The highest BCUT2D eigenvalue weighted by molar-refractivity contribution is 7.13. The third-order valence-electron chi connectivity index (χ3n) is 5.07. The van der Waals surface area contributed by atoms with Crippen LogP contribution in [0.15, 0.2) is 23.6 Å². The molecule has 26 heavy (non-hydrogen) atoms. The van der Waals surface area contributed by atoms with Gasteiger partial charge in [0, 0.05) is 30.7 Å². The van der Waals surface area contributed by atoms with E-state index < -0.39 is 0 Å². The van der Waals surface area contributed by atoms with Gasteiger partial charge in [-0.25, -0.2) is 0 Å². The van der Waals surface area contributed by atoms with Gasteiger partial charge in [-0.15, -0.1) is 11.3 Å². The highest BCUT2D eigenvalue weighted by Crippen LogP contribution is 2.40. The number of halogens is 1. The van der Waals surface area contributed by atoms with Crippen molar-refractivity contribution in [3.05, 3.63) is 50.2 Å². The minimum absolute atomic E-state index is 0.120. The molecule has 0 radical (unpaired) electrons. The van der Waals surface area contributed by atoms with Gasteiger partial charge < -0.3 is 14.8 Å². The molecular formula is C20H24ClNO3S. The number of thiophene rings is 1. The second kappa shape index (κ2) is 7.99. The van der Waals surface area contributed by atoms with E-state index in [1.165, 1.54) is 16.9 Å². The van der Waals surface area contributed by atoms with Gasteiger partial charge in [-0.2, -0.15) is 0 Å². The van der Waals surface area contributed by atoms with Crippen molar-refractivity contribution >= 4 is 28.8 Å². The van der Waals surface area contributed by atoms with Crippen molar-refractivity contribution in [2.24, 2.45) is 0 Å². The van der Waals surface area contributed by atoms with Crippen LogP contribution in [0.2, 0.25) is 5.02 Å². The fourth-order valence-electron chi connectivity index (χ4n) is 3.45. The molecule has 140 valence electrons. The first-order valence-electron chi connectivity index (χ1n) is 8.71. The van der Waals surface area contributed by atoms with E-state index in [1.807, 2.05) is 24.4 Å². The number of carbonyl (C=O) groups excluding carboxylic acids is 1. The molecule has 0 aliphatic carbocycles. The first-order valence-corrected chi connectivity index (χ1v) is 9.97. The van der Waals surface area contributed by atoms with Crippen LogP contribution in [0.3, 0.4) is 0 Å². The Morgan fingerprint density at radius 1 is 1.35 bits per heavy atom. The molecule has 0 saturated carbocycles. The molecule has 1 amide bonds. The van der Waals surface area contributed by atoms with Crippen LogP contribution in [-0.4, -0.2) is 32.8 Å². The van der Waals surface area contributed by atoms with Crippen LogP contribution >= 0.6 is 22.9 Å². The summed E-state index contributed by atoms with van der Waals surface area (Å²) in [6, 6.07) is 6.21. The summed E-state index contributed by atoms with van der Waals surface area (Å²) in [4.78, 5) is 13.2. The van der Waals surface area contributed by atoms with Crippen LogP contribution in [0.4, 0.5) is 0 Å². The number of hydrogen-bond acceptors (Lipinski definition) is 4. The quantitative estimate of drug-likeness (QED) is 0.813.